The van der Waals surface area contributed by atoms with Crippen molar-refractivity contribution in [3.63, 3.8) is 0 Å². The van der Waals surface area contributed by atoms with Crippen LogP contribution in [0.4, 0.5) is 5.69 Å². The molecule has 0 N–H and O–H groups in total. The van der Waals surface area contributed by atoms with Crippen molar-refractivity contribution in [3.8, 4) is 0 Å². The summed E-state index contributed by atoms with van der Waals surface area (Å²) in [4.78, 5) is 28.8. The minimum absolute atomic E-state index is 0.0501. The number of anilines is 1. The quantitative estimate of drug-likeness (QED) is 0.765. The summed E-state index contributed by atoms with van der Waals surface area (Å²) in [5.74, 6) is -0.112. The Labute approximate surface area is 155 Å². The van der Waals surface area contributed by atoms with Gasteiger partial charge in [0, 0.05) is 43.5 Å². The molecule has 1 atom stereocenters. The van der Waals surface area contributed by atoms with Crippen molar-refractivity contribution in [2.45, 2.75) is 26.8 Å². The Hall–Kier alpha value is -2.46. The van der Waals surface area contributed by atoms with Gasteiger partial charge in [-0.2, -0.15) is 0 Å². The van der Waals surface area contributed by atoms with Gasteiger partial charge < -0.3 is 4.90 Å². The maximum absolute atomic E-state index is 12.2. The van der Waals surface area contributed by atoms with E-state index >= 15 is 0 Å². The van der Waals surface area contributed by atoms with Crippen LogP contribution < -0.4 is 4.90 Å². The topological polar surface area (TPSA) is 40.6 Å². The lowest BCUT2D eigenvalue weighted by Crippen LogP contribution is -2.47. The molecule has 0 unspecified atom stereocenters. The van der Waals surface area contributed by atoms with Crippen molar-refractivity contribution in [2.24, 2.45) is 0 Å². The Morgan fingerprint density at radius 3 is 2.08 bits per heavy atom. The van der Waals surface area contributed by atoms with Crippen LogP contribution in [0.15, 0.2) is 48.5 Å². The SMILES string of the molecule is CC(=O)c1cccc(N2CCN([C@H](C)c3ccccc3)CC2)c1C(C)=O. The minimum atomic E-state index is -0.0617. The van der Waals surface area contributed by atoms with E-state index in [0.29, 0.717) is 17.2 Å². The summed E-state index contributed by atoms with van der Waals surface area (Å²) in [6.45, 7) is 8.85. The van der Waals surface area contributed by atoms with E-state index in [1.807, 2.05) is 18.2 Å². The average molecular weight is 350 g/mol. The number of carbonyl (C=O) groups is 2. The molecule has 0 spiro atoms. The van der Waals surface area contributed by atoms with Crippen molar-refractivity contribution in [1.82, 2.24) is 4.90 Å². The van der Waals surface area contributed by atoms with Crippen molar-refractivity contribution >= 4 is 17.3 Å². The maximum atomic E-state index is 12.2. The first-order valence-corrected chi connectivity index (χ1v) is 9.18. The predicted molar refractivity (Wildman–Crippen MR) is 105 cm³/mol. The molecule has 1 aliphatic rings. The normalized spacial score (nSPS) is 16.3. The molecule has 0 aliphatic carbocycles. The van der Waals surface area contributed by atoms with Crippen LogP contribution in [0, 0.1) is 0 Å². The summed E-state index contributed by atoms with van der Waals surface area (Å²) in [6, 6.07) is 16.5. The molecule has 4 heteroatoms. The highest BCUT2D eigenvalue weighted by Gasteiger charge is 2.25. The van der Waals surface area contributed by atoms with Crippen LogP contribution in [0.25, 0.3) is 0 Å². The second-order valence-corrected chi connectivity index (χ2v) is 6.92. The molecule has 2 aromatic rings. The lowest BCUT2D eigenvalue weighted by molar-refractivity contribution is 0.0981. The zero-order chi connectivity index (χ0) is 18.7. The molecule has 3 rings (SSSR count). The smallest absolute Gasteiger partial charge is 0.162 e. The molecule has 2 aromatic carbocycles. The Kier molecular flexibility index (Phi) is 5.52. The predicted octanol–water partition coefficient (Wildman–Crippen LogP) is 3.98. The highest BCUT2D eigenvalue weighted by Crippen LogP contribution is 2.28. The minimum Gasteiger partial charge on any atom is -0.368 e. The summed E-state index contributed by atoms with van der Waals surface area (Å²) < 4.78 is 0. The number of ketones is 2. The van der Waals surface area contributed by atoms with Crippen molar-refractivity contribution in [3.05, 3.63) is 65.2 Å². The average Bonchev–Trinajstić information content (AvgIpc) is 2.67. The van der Waals surface area contributed by atoms with Gasteiger partial charge in [0.2, 0.25) is 0 Å². The summed E-state index contributed by atoms with van der Waals surface area (Å²) >= 11 is 0. The Bertz CT molecular complexity index is 793. The zero-order valence-electron chi connectivity index (χ0n) is 15.7. The number of carbonyl (C=O) groups excluding carboxylic acids is 2. The van der Waals surface area contributed by atoms with Crippen LogP contribution in [0.1, 0.15) is 53.1 Å². The number of piperazine rings is 1. The van der Waals surface area contributed by atoms with Gasteiger partial charge in [-0.15, -0.1) is 0 Å². The molecule has 1 heterocycles. The first-order valence-electron chi connectivity index (χ1n) is 9.18. The van der Waals surface area contributed by atoms with Gasteiger partial charge in [-0.1, -0.05) is 42.5 Å². The van der Waals surface area contributed by atoms with Crippen LogP contribution in [-0.2, 0) is 0 Å². The van der Waals surface area contributed by atoms with E-state index < -0.39 is 0 Å². The lowest BCUT2D eigenvalue weighted by atomic mass is 9.98. The van der Waals surface area contributed by atoms with E-state index in [9.17, 15) is 9.59 Å². The van der Waals surface area contributed by atoms with Gasteiger partial charge in [0.05, 0.1) is 5.56 Å². The molecular formula is C22H26N2O2. The first-order chi connectivity index (χ1) is 12.5. The molecule has 136 valence electrons. The standard InChI is InChI=1S/C22H26N2O2/c1-16(19-8-5-4-6-9-19)23-12-14-24(15-13-23)21-11-7-10-20(17(2)25)22(21)18(3)26/h4-11,16H,12-15H2,1-3H3/t16-/m1/s1. The maximum Gasteiger partial charge on any atom is 0.162 e. The number of hydrogen-bond acceptors (Lipinski definition) is 4. The van der Waals surface area contributed by atoms with E-state index in [1.54, 1.807) is 13.0 Å². The highest BCUT2D eigenvalue weighted by atomic mass is 16.1. The van der Waals surface area contributed by atoms with Crippen LogP contribution >= 0.6 is 0 Å². The zero-order valence-corrected chi connectivity index (χ0v) is 15.7. The lowest BCUT2D eigenvalue weighted by Gasteiger charge is -2.40. The Morgan fingerprint density at radius 1 is 0.846 bits per heavy atom. The fraction of sp³-hybridized carbons (Fsp3) is 0.364. The molecule has 26 heavy (non-hydrogen) atoms. The van der Waals surface area contributed by atoms with Gasteiger partial charge in [-0.25, -0.2) is 0 Å². The van der Waals surface area contributed by atoms with Crippen LogP contribution in [-0.4, -0.2) is 42.6 Å². The van der Waals surface area contributed by atoms with E-state index in [4.69, 9.17) is 0 Å². The number of Topliss-reactive ketones (excluding diaryl/α,β-unsaturated/α-hetero) is 2. The van der Waals surface area contributed by atoms with E-state index in [-0.39, 0.29) is 11.6 Å². The van der Waals surface area contributed by atoms with E-state index in [1.165, 1.54) is 12.5 Å². The highest BCUT2D eigenvalue weighted by molar-refractivity contribution is 6.10. The largest absolute Gasteiger partial charge is 0.368 e. The van der Waals surface area contributed by atoms with Gasteiger partial charge in [-0.05, 0) is 32.4 Å². The second-order valence-electron chi connectivity index (χ2n) is 6.92. The summed E-state index contributed by atoms with van der Waals surface area (Å²) in [7, 11) is 0. The number of benzene rings is 2. The molecule has 4 nitrogen and oxygen atoms in total. The Morgan fingerprint density at radius 2 is 1.50 bits per heavy atom. The first kappa shape index (κ1) is 18.3. The second kappa shape index (κ2) is 7.83. The van der Waals surface area contributed by atoms with Gasteiger partial charge in [0.25, 0.3) is 0 Å². The van der Waals surface area contributed by atoms with Gasteiger partial charge in [0.15, 0.2) is 11.6 Å². The summed E-state index contributed by atoms with van der Waals surface area (Å²) in [6.07, 6.45) is 0. The van der Waals surface area contributed by atoms with Gasteiger partial charge >= 0.3 is 0 Å². The number of hydrogen-bond donors (Lipinski definition) is 0. The fourth-order valence-corrected chi connectivity index (χ4v) is 3.76. The third-order valence-corrected chi connectivity index (χ3v) is 5.26. The molecular weight excluding hydrogens is 324 g/mol. The molecule has 1 aliphatic heterocycles. The molecule has 0 radical (unpaired) electrons. The van der Waals surface area contributed by atoms with E-state index in [2.05, 4.69) is 41.0 Å². The molecule has 0 amide bonds. The molecule has 0 bridgehead atoms. The van der Waals surface area contributed by atoms with Crippen molar-refractivity contribution in [2.75, 3.05) is 31.1 Å². The van der Waals surface area contributed by atoms with E-state index in [0.717, 1.165) is 31.9 Å². The number of nitrogens with zero attached hydrogens (tertiary/aromatic N) is 2. The van der Waals surface area contributed by atoms with Crippen LogP contribution in [0.2, 0.25) is 0 Å². The molecule has 1 saturated heterocycles. The molecule has 1 fully saturated rings. The monoisotopic (exact) mass is 350 g/mol. The molecule has 0 aromatic heterocycles. The fourth-order valence-electron chi connectivity index (χ4n) is 3.76. The van der Waals surface area contributed by atoms with Crippen molar-refractivity contribution < 1.29 is 9.59 Å². The van der Waals surface area contributed by atoms with Gasteiger partial charge in [0.1, 0.15) is 0 Å². The Balaban J connectivity index is 1.77. The van der Waals surface area contributed by atoms with Crippen LogP contribution in [0.5, 0.6) is 0 Å². The summed E-state index contributed by atoms with van der Waals surface area (Å²) in [5, 5.41) is 0. The third-order valence-electron chi connectivity index (χ3n) is 5.26. The molecule has 0 saturated carbocycles. The summed E-state index contributed by atoms with van der Waals surface area (Å²) in [5.41, 5.74) is 3.29. The third kappa shape index (κ3) is 3.70. The number of rotatable bonds is 5. The van der Waals surface area contributed by atoms with Crippen LogP contribution in [0.3, 0.4) is 0 Å². The van der Waals surface area contributed by atoms with Crippen molar-refractivity contribution in [1.29, 1.82) is 0 Å². The van der Waals surface area contributed by atoms with Gasteiger partial charge in [-0.3, -0.25) is 14.5 Å².